The largest absolute Gasteiger partial charge is 0.416 e. The quantitative estimate of drug-likeness (QED) is 0.643. The maximum absolute atomic E-state index is 14.5. The number of rotatable bonds is 5. The fourth-order valence-electron chi connectivity index (χ4n) is 4.84. The molecule has 2 atom stereocenters. The van der Waals surface area contributed by atoms with Crippen LogP contribution >= 0.6 is 0 Å². The van der Waals surface area contributed by atoms with Gasteiger partial charge in [0, 0.05) is 31.9 Å². The highest BCUT2D eigenvalue weighted by molar-refractivity contribution is 5.82. The lowest BCUT2D eigenvalue weighted by molar-refractivity contribution is -0.137. The van der Waals surface area contributed by atoms with Gasteiger partial charge in [-0.15, -0.1) is 0 Å². The Morgan fingerprint density at radius 2 is 1.88 bits per heavy atom. The van der Waals surface area contributed by atoms with E-state index in [0.29, 0.717) is 43.3 Å². The predicted molar refractivity (Wildman–Crippen MR) is 121 cm³/mol. The van der Waals surface area contributed by atoms with E-state index < -0.39 is 17.7 Å². The molecule has 1 amide bonds. The first-order valence-electron chi connectivity index (χ1n) is 11.4. The number of hydrogen-bond acceptors (Lipinski definition) is 3. The molecule has 8 heteroatoms. The van der Waals surface area contributed by atoms with Crippen LogP contribution in [0, 0.1) is 17.7 Å². The molecule has 0 aromatic heterocycles. The van der Waals surface area contributed by atoms with Crippen molar-refractivity contribution < 1.29 is 22.4 Å². The molecular formula is C25H29F4N3O. The Bertz CT molecular complexity index is 1010. The number of carbonyl (C=O) groups is 1. The van der Waals surface area contributed by atoms with Crippen LogP contribution < -0.4 is 15.1 Å². The second-order valence-electron chi connectivity index (χ2n) is 9.28. The Hall–Kier alpha value is -2.77. The van der Waals surface area contributed by atoms with Crippen LogP contribution in [0.5, 0.6) is 0 Å². The van der Waals surface area contributed by atoms with E-state index in [-0.39, 0.29) is 24.2 Å². The maximum atomic E-state index is 14.5. The highest BCUT2D eigenvalue weighted by Gasteiger charge is 2.43. The van der Waals surface area contributed by atoms with E-state index >= 15 is 0 Å². The zero-order valence-electron chi connectivity index (χ0n) is 18.8. The SMILES string of the molecule is CC(C)CCNC(=O)[C@@H]1Cc2cc(C(F)(F)F)ccc2N2CCN(c3ccccc3F)C[C@H]12. The Morgan fingerprint density at radius 3 is 2.58 bits per heavy atom. The zero-order valence-corrected chi connectivity index (χ0v) is 18.8. The van der Waals surface area contributed by atoms with Gasteiger partial charge in [0.15, 0.2) is 0 Å². The number of hydrogen-bond donors (Lipinski definition) is 1. The zero-order chi connectivity index (χ0) is 23.8. The highest BCUT2D eigenvalue weighted by Crippen LogP contribution is 2.40. The van der Waals surface area contributed by atoms with Crippen molar-refractivity contribution in [3.8, 4) is 0 Å². The van der Waals surface area contributed by atoms with Crippen molar-refractivity contribution in [3.05, 3.63) is 59.4 Å². The first-order chi connectivity index (χ1) is 15.6. The molecule has 2 heterocycles. The van der Waals surface area contributed by atoms with E-state index in [0.717, 1.165) is 18.2 Å². The van der Waals surface area contributed by atoms with Crippen molar-refractivity contribution in [2.45, 2.75) is 38.9 Å². The summed E-state index contributed by atoms with van der Waals surface area (Å²) in [6.07, 6.45) is -3.40. The van der Waals surface area contributed by atoms with E-state index in [1.54, 1.807) is 18.2 Å². The van der Waals surface area contributed by atoms with Gasteiger partial charge in [-0.3, -0.25) is 4.79 Å². The lowest BCUT2D eigenvalue weighted by Crippen LogP contribution is -2.61. The third kappa shape index (κ3) is 4.94. The Morgan fingerprint density at radius 1 is 1.12 bits per heavy atom. The van der Waals surface area contributed by atoms with Crippen molar-refractivity contribution >= 4 is 17.3 Å². The summed E-state index contributed by atoms with van der Waals surface area (Å²) in [6, 6.07) is 10.1. The summed E-state index contributed by atoms with van der Waals surface area (Å²) < 4.78 is 54.4. The van der Waals surface area contributed by atoms with Gasteiger partial charge in [-0.05, 0) is 54.7 Å². The van der Waals surface area contributed by atoms with Crippen molar-refractivity contribution in [2.75, 3.05) is 36.0 Å². The number of halogens is 4. The molecule has 0 saturated carbocycles. The first kappa shape index (κ1) is 23.4. The van der Waals surface area contributed by atoms with Crippen LogP contribution in [0.1, 0.15) is 31.4 Å². The van der Waals surface area contributed by atoms with E-state index in [1.807, 2.05) is 9.80 Å². The number of amides is 1. The number of fused-ring (bicyclic) bond motifs is 3. The average molecular weight is 464 g/mol. The van der Waals surface area contributed by atoms with Crippen LogP contribution in [0.3, 0.4) is 0 Å². The monoisotopic (exact) mass is 463 g/mol. The number of alkyl halides is 3. The fourth-order valence-corrected chi connectivity index (χ4v) is 4.84. The molecule has 1 fully saturated rings. The van der Waals surface area contributed by atoms with Gasteiger partial charge in [0.1, 0.15) is 5.82 Å². The fraction of sp³-hybridized carbons (Fsp3) is 0.480. The van der Waals surface area contributed by atoms with Crippen LogP contribution in [0.2, 0.25) is 0 Å². The standard InChI is InChI=1S/C25H29F4N3O/c1-16(2)9-10-30-24(33)19-14-17-13-18(25(27,28)29)7-8-21(17)32-12-11-31(15-23(19)32)22-6-4-3-5-20(22)26/h3-8,13,16,19,23H,9-12,14-15H2,1-2H3,(H,30,33)/t19-,23-/m1/s1. The molecule has 0 aliphatic carbocycles. The van der Waals surface area contributed by atoms with E-state index in [2.05, 4.69) is 19.2 Å². The smallest absolute Gasteiger partial charge is 0.365 e. The van der Waals surface area contributed by atoms with E-state index in [1.165, 1.54) is 18.2 Å². The first-order valence-corrected chi connectivity index (χ1v) is 11.4. The van der Waals surface area contributed by atoms with Gasteiger partial charge >= 0.3 is 6.18 Å². The van der Waals surface area contributed by atoms with Crippen LogP contribution in [-0.2, 0) is 17.4 Å². The minimum Gasteiger partial charge on any atom is -0.365 e. The summed E-state index contributed by atoms with van der Waals surface area (Å²) in [7, 11) is 0. The highest BCUT2D eigenvalue weighted by atomic mass is 19.4. The summed E-state index contributed by atoms with van der Waals surface area (Å²) in [4.78, 5) is 17.1. The van der Waals surface area contributed by atoms with Crippen LogP contribution in [0.15, 0.2) is 42.5 Å². The molecule has 0 radical (unpaired) electrons. The van der Waals surface area contributed by atoms with Crippen LogP contribution in [0.4, 0.5) is 28.9 Å². The lowest BCUT2D eigenvalue weighted by Gasteiger charge is -2.49. The van der Waals surface area contributed by atoms with Crippen molar-refractivity contribution in [1.82, 2.24) is 5.32 Å². The molecule has 0 spiro atoms. The van der Waals surface area contributed by atoms with E-state index in [4.69, 9.17) is 0 Å². The van der Waals surface area contributed by atoms with Gasteiger partial charge in [-0.2, -0.15) is 13.2 Å². The van der Waals surface area contributed by atoms with Gasteiger partial charge < -0.3 is 15.1 Å². The van der Waals surface area contributed by atoms with Gasteiger partial charge in [-0.25, -0.2) is 4.39 Å². The maximum Gasteiger partial charge on any atom is 0.416 e. The summed E-state index contributed by atoms with van der Waals surface area (Å²) in [5.41, 5.74) is 1.04. The van der Waals surface area contributed by atoms with E-state index in [9.17, 15) is 22.4 Å². The molecule has 178 valence electrons. The Balaban J connectivity index is 1.65. The van der Waals surface area contributed by atoms with Gasteiger partial charge in [-0.1, -0.05) is 26.0 Å². The molecule has 2 aliphatic heterocycles. The number of nitrogens with one attached hydrogen (secondary N) is 1. The van der Waals surface area contributed by atoms with Gasteiger partial charge in [0.2, 0.25) is 5.91 Å². The normalized spacial score (nSPS) is 20.5. The second-order valence-corrected chi connectivity index (χ2v) is 9.28. The molecule has 2 aromatic rings. The third-order valence-electron chi connectivity index (χ3n) is 6.59. The molecule has 2 aromatic carbocycles. The topological polar surface area (TPSA) is 35.6 Å². The molecule has 0 unspecified atom stereocenters. The number of piperazine rings is 1. The minimum absolute atomic E-state index is 0.163. The van der Waals surface area contributed by atoms with Crippen molar-refractivity contribution in [1.29, 1.82) is 0 Å². The number of carbonyl (C=O) groups excluding carboxylic acids is 1. The second kappa shape index (κ2) is 9.23. The predicted octanol–water partition coefficient (Wildman–Crippen LogP) is 4.87. The number of para-hydroxylation sites is 1. The molecule has 0 bridgehead atoms. The van der Waals surface area contributed by atoms with Gasteiger partial charge in [0.25, 0.3) is 0 Å². The third-order valence-corrected chi connectivity index (χ3v) is 6.59. The van der Waals surface area contributed by atoms with Gasteiger partial charge in [0.05, 0.1) is 23.2 Å². The summed E-state index contributed by atoms with van der Waals surface area (Å²) in [6.45, 7) is 6.08. The molecule has 4 rings (SSSR count). The minimum atomic E-state index is -4.44. The van der Waals surface area contributed by atoms with Crippen LogP contribution in [0.25, 0.3) is 0 Å². The number of nitrogens with zero attached hydrogens (tertiary/aromatic N) is 2. The molecule has 33 heavy (non-hydrogen) atoms. The molecule has 4 nitrogen and oxygen atoms in total. The number of benzene rings is 2. The van der Waals surface area contributed by atoms with Crippen LogP contribution in [-0.4, -0.2) is 38.1 Å². The Kier molecular flexibility index (Phi) is 6.54. The molecular weight excluding hydrogens is 434 g/mol. The summed E-state index contributed by atoms with van der Waals surface area (Å²) in [5.74, 6) is -0.587. The molecule has 1 N–H and O–H groups in total. The molecule has 2 aliphatic rings. The average Bonchev–Trinajstić information content (AvgIpc) is 2.77. The lowest BCUT2D eigenvalue weighted by atomic mass is 9.82. The summed E-state index contributed by atoms with van der Waals surface area (Å²) in [5, 5.41) is 2.98. The Labute approximate surface area is 191 Å². The molecule has 1 saturated heterocycles. The number of anilines is 2. The van der Waals surface area contributed by atoms with Crippen molar-refractivity contribution in [2.24, 2.45) is 11.8 Å². The summed E-state index contributed by atoms with van der Waals surface area (Å²) >= 11 is 0. The van der Waals surface area contributed by atoms with Crippen molar-refractivity contribution in [3.63, 3.8) is 0 Å².